The minimum absolute atomic E-state index is 0.393. The summed E-state index contributed by atoms with van der Waals surface area (Å²) in [6, 6.07) is 0.559. The zero-order chi connectivity index (χ0) is 14.4. The lowest BCUT2D eigenvalue weighted by atomic mass is 9.75. The van der Waals surface area contributed by atoms with Gasteiger partial charge < -0.3 is 10.1 Å². The molecule has 1 saturated heterocycles. The summed E-state index contributed by atoms with van der Waals surface area (Å²) in [5.74, 6) is 1.76. The molecule has 1 saturated carbocycles. The van der Waals surface area contributed by atoms with Crippen LogP contribution in [-0.4, -0.2) is 49.8 Å². The zero-order valence-corrected chi connectivity index (χ0v) is 13.7. The number of morpholine rings is 1. The minimum Gasteiger partial charge on any atom is -0.374 e. The molecule has 1 aliphatic carbocycles. The third-order valence-corrected chi connectivity index (χ3v) is 5.37. The molecule has 3 heteroatoms. The topological polar surface area (TPSA) is 24.5 Å². The maximum atomic E-state index is 6.14. The van der Waals surface area contributed by atoms with E-state index in [4.69, 9.17) is 4.74 Å². The molecule has 0 amide bonds. The normalized spacial score (nSPS) is 34.0. The number of nitrogens with one attached hydrogen (secondary N) is 1. The van der Waals surface area contributed by atoms with Crippen LogP contribution in [0.3, 0.4) is 0 Å². The molecule has 0 aromatic heterocycles. The molecule has 2 aliphatic rings. The second kappa shape index (κ2) is 8.35. The van der Waals surface area contributed by atoms with Gasteiger partial charge in [-0.2, -0.15) is 0 Å². The van der Waals surface area contributed by atoms with Crippen LogP contribution in [0.4, 0.5) is 0 Å². The smallest absolute Gasteiger partial charge is 0.0857 e. The Balaban J connectivity index is 1.97. The van der Waals surface area contributed by atoms with Crippen LogP contribution in [0.15, 0.2) is 0 Å². The van der Waals surface area contributed by atoms with E-state index in [-0.39, 0.29) is 0 Å². The van der Waals surface area contributed by atoms with Crippen molar-refractivity contribution in [3.63, 3.8) is 0 Å². The van der Waals surface area contributed by atoms with Gasteiger partial charge in [0, 0.05) is 19.1 Å². The Hall–Kier alpha value is -0.120. The highest BCUT2D eigenvalue weighted by Crippen LogP contribution is 2.34. The molecule has 3 nitrogen and oxygen atoms in total. The van der Waals surface area contributed by atoms with Gasteiger partial charge in [-0.05, 0) is 37.8 Å². The van der Waals surface area contributed by atoms with Crippen LogP contribution in [0.5, 0.6) is 0 Å². The molecule has 0 spiro atoms. The van der Waals surface area contributed by atoms with Crippen molar-refractivity contribution < 1.29 is 4.74 Å². The van der Waals surface area contributed by atoms with E-state index in [1.165, 1.54) is 32.1 Å². The van der Waals surface area contributed by atoms with Crippen molar-refractivity contribution in [3.8, 4) is 0 Å². The number of nitrogens with zero attached hydrogens (tertiary/aromatic N) is 1. The van der Waals surface area contributed by atoms with Crippen molar-refractivity contribution in [2.45, 2.75) is 65.0 Å². The van der Waals surface area contributed by atoms with Crippen LogP contribution in [0.2, 0.25) is 0 Å². The fourth-order valence-corrected chi connectivity index (χ4v) is 4.10. The van der Waals surface area contributed by atoms with Gasteiger partial charge in [-0.15, -0.1) is 0 Å². The number of hydrogen-bond donors (Lipinski definition) is 1. The zero-order valence-electron chi connectivity index (χ0n) is 13.7. The Labute approximate surface area is 125 Å². The number of ether oxygens (including phenoxy) is 1. The summed E-state index contributed by atoms with van der Waals surface area (Å²) in [5.41, 5.74) is 0. The molecule has 1 N–H and O–H groups in total. The molecule has 2 fully saturated rings. The predicted octanol–water partition coefficient (Wildman–Crippen LogP) is 2.90. The Morgan fingerprint density at radius 1 is 1.25 bits per heavy atom. The summed E-state index contributed by atoms with van der Waals surface area (Å²) in [5, 5.41) is 3.76. The Morgan fingerprint density at radius 2 is 2.10 bits per heavy atom. The number of hydrogen-bond acceptors (Lipinski definition) is 3. The molecule has 0 radical (unpaired) electrons. The average Bonchev–Trinajstić information content (AvgIpc) is 2.52. The van der Waals surface area contributed by atoms with Gasteiger partial charge in [-0.1, -0.05) is 40.0 Å². The van der Waals surface area contributed by atoms with Crippen molar-refractivity contribution in [2.75, 3.05) is 32.8 Å². The van der Waals surface area contributed by atoms with Gasteiger partial charge in [-0.25, -0.2) is 0 Å². The van der Waals surface area contributed by atoms with E-state index in [0.29, 0.717) is 12.1 Å². The summed E-state index contributed by atoms with van der Waals surface area (Å²) in [7, 11) is 0. The SMILES string of the molecule is CCNC(C1CCCC(CC)C1)C1CN(CC)CCO1. The molecule has 2 rings (SSSR count). The van der Waals surface area contributed by atoms with Crippen LogP contribution in [0.25, 0.3) is 0 Å². The van der Waals surface area contributed by atoms with Crippen molar-refractivity contribution in [3.05, 3.63) is 0 Å². The molecule has 4 atom stereocenters. The molecule has 1 aliphatic heterocycles. The summed E-state index contributed by atoms with van der Waals surface area (Å²) in [4.78, 5) is 2.54. The number of rotatable bonds is 6. The van der Waals surface area contributed by atoms with Gasteiger partial charge in [-0.3, -0.25) is 4.90 Å². The molecular formula is C17H34N2O. The lowest BCUT2D eigenvalue weighted by Gasteiger charge is -2.42. The second-order valence-corrected chi connectivity index (χ2v) is 6.59. The van der Waals surface area contributed by atoms with Crippen molar-refractivity contribution in [1.29, 1.82) is 0 Å². The van der Waals surface area contributed by atoms with Gasteiger partial charge in [0.2, 0.25) is 0 Å². The maximum Gasteiger partial charge on any atom is 0.0857 e. The van der Waals surface area contributed by atoms with Gasteiger partial charge in [0.15, 0.2) is 0 Å². The summed E-state index contributed by atoms with van der Waals surface area (Å²) in [6.07, 6.45) is 7.39. The first-order chi connectivity index (χ1) is 9.78. The molecule has 4 unspecified atom stereocenters. The van der Waals surface area contributed by atoms with Gasteiger partial charge in [0.25, 0.3) is 0 Å². The maximum absolute atomic E-state index is 6.14. The van der Waals surface area contributed by atoms with Crippen LogP contribution in [0, 0.1) is 11.8 Å². The van der Waals surface area contributed by atoms with Crippen LogP contribution in [0.1, 0.15) is 52.9 Å². The summed E-state index contributed by atoms with van der Waals surface area (Å²) < 4.78 is 6.14. The van der Waals surface area contributed by atoms with E-state index in [1.54, 1.807) is 0 Å². The third kappa shape index (κ3) is 4.19. The van der Waals surface area contributed by atoms with E-state index in [1.807, 2.05) is 0 Å². The first kappa shape index (κ1) is 16.3. The lowest BCUT2D eigenvalue weighted by Crippen LogP contribution is -2.55. The van der Waals surface area contributed by atoms with E-state index >= 15 is 0 Å². The molecule has 20 heavy (non-hydrogen) atoms. The second-order valence-electron chi connectivity index (χ2n) is 6.59. The molecular weight excluding hydrogens is 248 g/mol. The highest BCUT2D eigenvalue weighted by molar-refractivity contribution is 4.90. The van der Waals surface area contributed by atoms with Gasteiger partial charge in [0.1, 0.15) is 0 Å². The summed E-state index contributed by atoms with van der Waals surface area (Å²) >= 11 is 0. The van der Waals surface area contributed by atoms with Crippen molar-refractivity contribution in [2.24, 2.45) is 11.8 Å². The highest BCUT2D eigenvalue weighted by Gasteiger charge is 2.35. The molecule has 0 bridgehead atoms. The molecule has 1 heterocycles. The van der Waals surface area contributed by atoms with Crippen molar-refractivity contribution in [1.82, 2.24) is 10.2 Å². The van der Waals surface area contributed by atoms with Crippen LogP contribution in [-0.2, 0) is 4.74 Å². The van der Waals surface area contributed by atoms with Crippen molar-refractivity contribution >= 4 is 0 Å². The van der Waals surface area contributed by atoms with Crippen LogP contribution < -0.4 is 5.32 Å². The Morgan fingerprint density at radius 3 is 2.80 bits per heavy atom. The largest absolute Gasteiger partial charge is 0.374 e. The van der Waals surface area contributed by atoms with E-state index in [9.17, 15) is 0 Å². The lowest BCUT2D eigenvalue weighted by molar-refractivity contribution is -0.0596. The fourth-order valence-electron chi connectivity index (χ4n) is 4.10. The molecule has 0 aromatic rings. The standard InChI is InChI=1S/C17H34N2O/c1-4-14-8-7-9-15(12-14)17(18-5-2)16-13-19(6-3)10-11-20-16/h14-18H,4-13H2,1-3H3. The van der Waals surface area contributed by atoms with E-state index in [0.717, 1.165) is 44.6 Å². The predicted molar refractivity (Wildman–Crippen MR) is 85.1 cm³/mol. The van der Waals surface area contributed by atoms with Gasteiger partial charge >= 0.3 is 0 Å². The van der Waals surface area contributed by atoms with Gasteiger partial charge in [0.05, 0.1) is 12.7 Å². The quantitative estimate of drug-likeness (QED) is 0.811. The molecule has 118 valence electrons. The summed E-state index contributed by atoms with van der Waals surface area (Å²) in [6.45, 7) is 12.2. The first-order valence-electron chi connectivity index (χ1n) is 8.85. The minimum atomic E-state index is 0.393. The monoisotopic (exact) mass is 282 g/mol. The fraction of sp³-hybridized carbons (Fsp3) is 1.00. The first-order valence-corrected chi connectivity index (χ1v) is 8.85. The number of likely N-dealkylation sites (N-methyl/N-ethyl adjacent to an activating group) is 2. The highest BCUT2D eigenvalue weighted by atomic mass is 16.5. The van der Waals surface area contributed by atoms with E-state index < -0.39 is 0 Å². The Kier molecular flexibility index (Phi) is 6.79. The average molecular weight is 282 g/mol. The molecule has 0 aromatic carbocycles. The van der Waals surface area contributed by atoms with E-state index in [2.05, 4.69) is 31.0 Å². The Bertz CT molecular complexity index is 248. The van der Waals surface area contributed by atoms with Crippen LogP contribution >= 0.6 is 0 Å². The third-order valence-electron chi connectivity index (χ3n) is 5.37.